The summed E-state index contributed by atoms with van der Waals surface area (Å²) in [5.74, 6) is 0.328. The van der Waals surface area contributed by atoms with Crippen LogP contribution in [-0.2, 0) is 4.79 Å². The Bertz CT molecular complexity index is 533. The summed E-state index contributed by atoms with van der Waals surface area (Å²) in [6, 6.07) is 6.10. The van der Waals surface area contributed by atoms with Crippen LogP contribution >= 0.6 is 0 Å². The molecule has 1 aliphatic rings. The van der Waals surface area contributed by atoms with Crippen LogP contribution in [0.3, 0.4) is 0 Å². The summed E-state index contributed by atoms with van der Waals surface area (Å²) >= 11 is 0. The van der Waals surface area contributed by atoms with Crippen molar-refractivity contribution in [3.8, 4) is 0 Å². The quantitative estimate of drug-likeness (QED) is 0.790. The Morgan fingerprint density at radius 3 is 3.25 bits per heavy atom. The Labute approximate surface area is 92.6 Å². The molecule has 0 spiro atoms. The maximum Gasteiger partial charge on any atom is 0.136 e. The number of fused-ring (bicyclic) bond motifs is 1. The molecule has 0 bridgehead atoms. The Morgan fingerprint density at radius 2 is 2.38 bits per heavy atom. The molecule has 0 saturated carbocycles. The fraction of sp³-hybridized carbons (Fsp3) is 0.333. The van der Waals surface area contributed by atoms with Gasteiger partial charge in [0.05, 0.1) is 0 Å². The number of carbonyl (C=O) groups excluding carboxylic acids is 1. The first-order valence-corrected chi connectivity index (χ1v) is 5.42. The highest BCUT2D eigenvalue weighted by Crippen LogP contribution is 2.24. The van der Waals surface area contributed by atoms with E-state index >= 15 is 0 Å². The van der Waals surface area contributed by atoms with Crippen LogP contribution in [0.1, 0.15) is 24.4 Å². The highest BCUT2D eigenvalue weighted by atomic mass is 16.5. The second-order valence-corrected chi connectivity index (χ2v) is 4.13. The normalized spacial score (nSPS) is 21.5. The average molecular weight is 216 g/mol. The molecular weight excluding hydrogens is 204 g/mol. The van der Waals surface area contributed by atoms with E-state index in [1.807, 2.05) is 18.2 Å². The van der Waals surface area contributed by atoms with Crippen LogP contribution in [0.4, 0.5) is 0 Å². The zero-order valence-electron chi connectivity index (χ0n) is 8.77. The van der Waals surface area contributed by atoms with Crippen molar-refractivity contribution in [3.63, 3.8) is 0 Å². The van der Waals surface area contributed by atoms with Gasteiger partial charge >= 0.3 is 0 Å². The number of nitrogens with one attached hydrogen (secondary N) is 1. The first-order chi connectivity index (χ1) is 7.83. The fourth-order valence-electron chi connectivity index (χ4n) is 2.13. The molecule has 0 aliphatic carbocycles. The lowest BCUT2D eigenvalue weighted by Crippen LogP contribution is -2.31. The molecule has 2 heterocycles. The summed E-state index contributed by atoms with van der Waals surface area (Å²) in [6.07, 6.45) is 2.85. The minimum Gasteiger partial charge on any atom is -0.364 e. The maximum atomic E-state index is 11.4. The third-order valence-electron chi connectivity index (χ3n) is 3.01. The number of hydrogen-bond donors (Lipinski definition) is 1. The molecule has 4 nitrogen and oxygen atoms in total. The SMILES string of the molecule is O=C1CCNC(c2ccc3nocc3c2)C1. The Morgan fingerprint density at radius 1 is 1.44 bits per heavy atom. The van der Waals surface area contributed by atoms with Crippen molar-refractivity contribution < 1.29 is 9.32 Å². The lowest BCUT2D eigenvalue weighted by Gasteiger charge is -2.22. The molecular formula is C12H12N2O2. The Balaban J connectivity index is 1.95. The predicted octanol–water partition coefficient (Wildman–Crippen LogP) is 1.82. The number of aromatic nitrogens is 1. The summed E-state index contributed by atoms with van der Waals surface area (Å²) in [4.78, 5) is 11.4. The highest BCUT2D eigenvalue weighted by molar-refractivity contribution is 5.81. The molecule has 0 amide bonds. The average Bonchev–Trinajstić information content (AvgIpc) is 2.75. The van der Waals surface area contributed by atoms with Gasteiger partial charge in [-0.15, -0.1) is 0 Å². The van der Waals surface area contributed by atoms with Crippen molar-refractivity contribution in [1.82, 2.24) is 10.5 Å². The van der Waals surface area contributed by atoms with Crippen molar-refractivity contribution >= 4 is 16.7 Å². The molecule has 1 N–H and O–H groups in total. The molecule has 1 aromatic heterocycles. The van der Waals surface area contributed by atoms with Gasteiger partial charge in [-0.05, 0) is 17.7 Å². The Kier molecular flexibility index (Phi) is 2.22. The van der Waals surface area contributed by atoms with Crippen LogP contribution in [0, 0.1) is 0 Å². The molecule has 1 aromatic carbocycles. The summed E-state index contributed by atoms with van der Waals surface area (Å²) < 4.78 is 4.89. The lowest BCUT2D eigenvalue weighted by molar-refractivity contribution is -0.120. The zero-order valence-corrected chi connectivity index (χ0v) is 8.77. The van der Waals surface area contributed by atoms with Crippen LogP contribution in [0.2, 0.25) is 0 Å². The van der Waals surface area contributed by atoms with Gasteiger partial charge in [-0.1, -0.05) is 11.2 Å². The number of benzene rings is 1. The molecule has 16 heavy (non-hydrogen) atoms. The van der Waals surface area contributed by atoms with Gasteiger partial charge < -0.3 is 9.84 Å². The van der Waals surface area contributed by atoms with Gasteiger partial charge in [-0.3, -0.25) is 4.79 Å². The summed E-state index contributed by atoms with van der Waals surface area (Å²) in [6.45, 7) is 0.769. The minimum absolute atomic E-state index is 0.139. The zero-order chi connectivity index (χ0) is 11.0. The fourth-order valence-corrected chi connectivity index (χ4v) is 2.13. The minimum atomic E-state index is 0.139. The van der Waals surface area contributed by atoms with E-state index in [2.05, 4.69) is 10.5 Å². The largest absolute Gasteiger partial charge is 0.364 e. The maximum absolute atomic E-state index is 11.4. The summed E-state index contributed by atoms with van der Waals surface area (Å²) in [5, 5.41) is 8.19. The van der Waals surface area contributed by atoms with Gasteiger partial charge in [-0.25, -0.2) is 0 Å². The van der Waals surface area contributed by atoms with E-state index in [0.717, 1.165) is 23.0 Å². The molecule has 4 heteroatoms. The standard InChI is InChI=1S/C12H12N2O2/c15-10-3-4-13-12(6-10)8-1-2-11-9(5-8)7-16-14-11/h1-2,5,7,12-13H,3-4,6H2. The number of Topliss-reactive ketones (excluding diaryl/α,β-unsaturated/α-hetero) is 1. The summed E-state index contributed by atoms with van der Waals surface area (Å²) in [5.41, 5.74) is 1.98. The van der Waals surface area contributed by atoms with Gasteiger partial charge in [0.15, 0.2) is 0 Å². The third-order valence-corrected chi connectivity index (χ3v) is 3.01. The lowest BCUT2D eigenvalue weighted by atomic mass is 9.96. The van der Waals surface area contributed by atoms with Gasteiger partial charge in [0.2, 0.25) is 0 Å². The third kappa shape index (κ3) is 1.61. The molecule has 1 saturated heterocycles. The van der Waals surface area contributed by atoms with E-state index in [1.165, 1.54) is 0 Å². The smallest absolute Gasteiger partial charge is 0.136 e. The number of nitrogens with zero attached hydrogens (tertiary/aromatic N) is 1. The molecule has 1 unspecified atom stereocenters. The summed E-state index contributed by atoms with van der Waals surface area (Å²) in [7, 11) is 0. The molecule has 2 aromatic rings. The van der Waals surface area contributed by atoms with Crippen molar-refractivity contribution in [2.45, 2.75) is 18.9 Å². The van der Waals surface area contributed by atoms with E-state index in [9.17, 15) is 4.79 Å². The van der Waals surface area contributed by atoms with Crippen molar-refractivity contribution in [1.29, 1.82) is 0 Å². The van der Waals surface area contributed by atoms with E-state index in [1.54, 1.807) is 6.26 Å². The van der Waals surface area contributed by atoms with Crippen LogP contribution in [-0.4, -0.2) is 17.5 Å². The van der Waals surface area contributed by atoms with Crippen molar-refractivity contribution in [3.05, 3.63) is 30.0 Å². The number of hydrogen-bond acceptors (Lipinski definition) is 4. The van der Waals surface area contributed by atoms with Gasteiger partial charge in [0.25, 0.3) is 0 Å². The molecule has 0 radical (unpaired) electrons. The molecule has 1 atom stereocenters. The van der Waals surface area contributed by atoms with Crippen molar-refractivity contribution in [2.24, 2.45) is 0 Å². The van der Waals surface area contributed by atoms with Crippen LogP contribution in [0.15, 0.2) is 29.0 Å². The molecule has 82 valence electrons. The van der Waals surface area contributed by atoms with Crippen LogP contribution in [0.5, 0.6) is 0 Å². The second-order valence-electron chi connectivity index (χ2n) is 4.13. The van der Waals surface area contributed by atoms with Crippen molar-refractivity contribution in [2.75, 3.05) is 6.54 Å². The first kappa shape index (κ1) is 9.54. The number of carbonyl (C=O) groups is 1. The molecule has 1 fully saturated rings. The van der Waals surface area contributed by atoms with E-state index < -0.39 is 0 Å². The highest BCUT2D eigenvalue weighted by Gasteiger charge is 2.20. The van der Waals surface area contributed by atoms with E-state index in [0.29, 0.717) is 18.6 Å². The predicted molar refractivity (Wildman–Crippen MR) is 59.0 cm³/mol. The number of ketones is 1. The monoisotopic (exact) mass is 216 g/mol. The van der Waals surface area contributed by atoms with E-state index in [4.69, 9.17) is 4.52 Å². The first-order valence-electron chi connectivity index (χ1n) is 5.42. The van der Waals surface area contributed by atoms with Crippen LogP contribution in [0.25, 0.3) is 10.9 Å². The topological polar surface area (TPSA) is 55.1 Å². The van der Waals surface area contributed by atoms with Gasteiger partial charge in [0, 0.05) is 30.8 Å². The van der Waals surface area contributed by atoms with Gasteiger partial charge in [0.1, 0.15) is 17.6 Å². The number of rotatable bonds is 1. The number of piperidine rings is 1. The second kappa shape index (κ2) is 3.72. The van der Waals surface area contributed by atoms with Gasteiger partial charge in [-0.2, -0.15) is 0 Å². The molecule has 1 aliphatic heterocycles. The molecule has 3 rings (SSSR count). The van der Waals surface area contributed by atoms with E-state index in [-0.39, 0.29) is 6.04 Å². The van der Waals surface area contributed by atoms with Crippen LogP contribution < -0.4 is 5.32 Å². The Hall–Kier alpha value is -1.68.